The molecule has 0 aromatic carbocycles. The van der Waals surface area contributed by atoms with Crippen molar-refractivity contribution in [1.29, 1.82) is 0 Å². The number of nitrogens with one attached hydrogen (secondary N) is 2. The quantitative estimate of drug-likeness (QED) is 0.578. The van der Waals surface area contributed by atoms with Crippen molar-refractivity contribution in [1.82, 2.24) is 10.6 Å². The highest BCUT2D eigenvalue weighted by molar-refractivity contribution is 5.95. The highest BCUT2D eigenvalue weighted by atomic mass is 16.6. The van der Waals surface area contributed by atoms with Gasteiger partial charge < -0.3 is 15.2 Å². The van der Waals surface area contributed by atoms with E-state index in [1.807, 2.05) is 0 Å². The summed E-state index contributed by atoms with van der Waals surface area (Å²) in [5, 5.41) is 14.1. The van der Waals surface area contributed by atoms with Crippen LogP contribution in [0.2, 0.25) is 0 Å². The van der Waals surface area contributed by atoms with Crippen molar-refractivity contribution in [2.75, 3.05) is 6.54 Å². The van der Waals surface area contributed by atoms with Gasteiger partial charge in [-0.2, -0.15) is 0 Å². The Morgan fingerprint density at radius 2 is 2.06 bits per heavy atom. The highest BCUT2D eigenvalue weighted by Gasteiger charge is 2.30. The topological polar surface area (TPSA) is 87.7 Å². The number of hydrogen-bond donors (Lipinski definition) is 3. The Bertz CT molecular complexity index is 285. The molecule has 6 nitrogen and oxygen atoms in total. The predicted octanol–water partition coefficient (Wildman–Crippen LogP) is -0.240. The van der Waals surface area contributed by atoms with E-state index < -0.39 is 29.7 Å². The second-order valence-electron chi connectivity index (χ2n) is 4.84. The van der Waals surface area contributed by atoms with Gasteiger partial charge in [0.05, 0.1) is 12.1 Å². The van der Waals surface area contributed by atoms with Crippen LogP contribution < -0.4 is 10.6 Å². The average molecular weight is 230 g/mol. The molecule has 1 aliphatic heterocycles. The van der Waals surface area contributed by atoms with Gasteiger partial charge in [0.25, 0.3) is 0 Å². The van der Waals surface area contributed by atoms with Crippen LogP contribution in [-0.2, 0) is 9.53 Å². The van der Waals surface area contributed by atoms with Crippen LogP contribution in [0, 0.1) is 0 Å². The molecule has 2 amide bonds. The van der Waals surface area contributed by atoms with Crippen LogP contribution in [0.15, 0.2) is 0 Å². The minimum Gasteiger partial charge on any atom is -0.444 e. The average Bonchev–Trinajstić information content (AvgIpc) is 2.47. The molecular weight excluding hydrogens is 212 g/mol. The molecular formula is C10H18N2O4. The molecule has 0 aromatic heterocycles. The van der Waals surface area contributed by atoms with Gasteiger partial charge in [0.15, 0.2) is 0 Å². The van der Waals surface area contributed by atoms with Crippen LogP contribution in [0.1, 0.15) is 27.2 Å². The highest BCUT2D eigenvalue weighted by Crippen LogP contribution is 2.08. The minimum absolute atomic E-state index is 0.314. The van der Waals surface area contributed by atoms with Crippen molar-refractivity contribution in [2.24, 2.45) is 0 Å². The molecule has 3 N–H and O–H groups in total. The van der Waals surface area contributed by atoms with Gasteiger partial charge in [-0.05, 0) is 27.2 Å². The molecule has 16 heavy (non-hydrogen) atoms. The van der Waals surface area contributed by atoms with E-state index in [0.29, 0.717) is 13.0 Å². The molecule has 92 valence electrons. The van der Waals surface area contributed by atoms with Gasteiger partial charge in [0.1, 0.15) is 5.60 Å². The number of imide groups is 1. The van der Waals surface area contributed by atoms with E-state index in [-0.39, 0.29) is 0 Å². The molecule has 1 aliphatic rings. The van der Waals surface area contributed by atoms with Crippen LogP contribution in [0.5, 0.6) is 0 Å². The monoisotopic (exact) mass is 230 g/mol. The van der Waals surface area contributed by atoms with Gasteiger partial charge in [-0.3, -0.25) is 10.1 Å². The smallest absolute Gasteiger partial charge is 0.414 e. The summed E-state index contributed by atoms with van der Waals surface area (Å²) in [6.45, 7) is 5.52. The standard InChI is InChI=1S/C10H18N2O4/c1-10(2,3)16-9(15)12-8(14)7-4-6(13)5-11-7/h6-7,11,13H,4-5H2,1-3H3,(H,12,14,15)/t6-,7+/m0/s1. The molecule has 0 bridgehead atoms. The molecule has 0 aromatic rings. The molecule has 0 spiro atoms. The predicted molar refractivity (Wildman–Crippen MR) is 56.8 cm³/mol. The fourth-order valence-corrected chi connectivity index (χ4v) is 1.41. The Hall–Kier alpha value is -1.14. The Morgan fingerprint density at radius 1 is 1.44 bits per heavy atom. The van der Waals surface area contributed by atoms with Gasteiger partial charge in [-0.25, -0.2) is 4.79 Å². The van der Waals surface area contributed by atoms with E-state index in [0.717, 1.165) is 0 Å². The van der Waals surface area contributed by atoms with E-state index in [2.05, 4.69) is 10.6 Å². The van der Waals surface area contributed by atoms with Crippen LogP contribution >= 0.6 is 0 Å². The van der Waals surface area contributed by atoms with Crippen molar-refractivity contribution < 1.29 is 19.4 Å². The van der Waals surface area contributed by atoms with Crippen molar-refractivity contribution in [3.63, 3.8) is 0 Å². The summed E-state index contributed by atoms with van der Waals surface area (Å²) in [5.41, 5.74) is -0.632. The molecule has 2 atom stereocenters. The molecule has 0 radical (unpaired) electrons. The SMILES string of the molecule is CC(C)(C)OC(=O)NC(=O)[C@H]1C[C@H](O)CN1. The Kier molecular flexibility index (Phi) is 3.88. The second-order valence-corrected chi connectivity index (χ2v) is 4.84. The van der Waals surface area contributed by atoms with Crippen LogP contribution in [-0.4, -0.2) is 41.4 Å². The van der Waals surface area contributed by atoms with E-state index in [1.165, 1.54) is 0 Å². The Labute approximate surface area is 94.3 Å². The summed E-state index contributed by atoms with van der Waals surface area (Å²) >= 11 is 0. The van der Waals surface area contributed by atoms with Gasteiger partial charge in [0.2, 0.25) is 5.91 Å². The number of aliphatic hydroxyl groups is 1. The zero-order chi connectivity index (χ0) is 12.3. The number of amides is 2. The van der Waals surface area contributed by atoms with Crippen molar-refractivity contribution >= 4 is 12.0 Å². The van der Waals surface area contributed by atoms with E-state index in [1.54, 1.807) is 20.8 Å². The number of β-amino-alcohol motifs (C(OH)–C–C–N with tert-alkyl or cyclic N) is 1. The lowest BCUT2D eigenvalue weighted by Crippen LogP contribution is -2.45. The Morgan fingerprint density at radius 3 is 2.50 bits per heavy atom. The number of rotatable bonds is 1. The molecule has 1 heterocycles. The van der Waals surface area contributed by atoms with Crippen LogP contribution in [0.25, 0.3) is 0 Å². The first kappa shape index (κ1) is 12.9. The second kappa shape index (κ2) is 4.80. The van der Waals surface area contributed by atoms with Gasteiger partial charge in [0, 0.05) is 6.54 Å². The van der Waals surface area contributed by atoms with Crippen molar-refractivity contribution in [3.8, 4) is 0 Å². The van der Waals surface area contributed by atoms with Crippen LogP contribution in [0.4, 0.5) is 4.79 Å². The summed E-state index contributed by atoms with van der Waals surface area (Å²) in [5.74, 6) is -0.467. The number of alkyl carbamates (subject to hydrolysis) is 1. The molecule has 1 fully saturated rings. The van der Waals surface area contributed by atoms with E-state index in [9.17, 15) is 14.7 Å². The molecule has 0 saturated carbocycles. The number of hydrogen-bond acceptors (Lipinski definition) is 5. The summed E-state index contributed by atoms with van der Waals surface area (Å²) in [6, 6.07) is -0.525. The maximum absolute atomic E-state index is 11.5. The number of carbonyl (C=O) groups is 2. The van der Waals surface area contributed by atoms with Gasteiger partial charge in [-0.1, -0.05) is 0 Å². The van der Waals surface area contributed by atoms with Gasteiger partial charge in [-0.15, -0.1) is 0 Å². The first-order valence-corrected chi connectivity index (χ1v) is 5.23. The van der Waals surface area contributed by atoms with Crippen LogP contribution in [0.3, 0.4) is 0 Å². The van der Waals surface area contributed by atoms with Crippen molar-refractivity contribution in [2.45, 2.75) is 44.9 Å². The molecule has 6 heteroatoms. The number of carbonyl (C=O) groups excluding carboxylic acids is 2. The lowest BCUT2D eigenvalue weighted by atomic mass is 10.2. The lowest BCUT2D eigenvalue weighted by Gasteiger charge is -2.20. The third-order valence-corrected chi connectivity index (χ3v) is 2.05. The maximum atomic E-state index is 11.5. The largest absolute Gasteiger partial charge is 0.444 e. The molecule has 0 unspecified atom stereocenters. The molecule has 1 saturated heterocycles. The van der Waals surface area contributed by atoms with E-state index >= 15 is 0 Å². The zero-order valence-electron chi connectivity index (χ0n) is 9.74. The summed E-state index contributed by atoms with van der Waals surface area (Å²) < 4.78 is 4.93. The summed E-state index contributed by atoms with van der Waals surface area (Å²) in [7, 11) is 0. The number of ether oxygens (including phenoxy) is 1. The Balaban J connectivity index is 2.37. The summed E-state index contributed by atoms with van der Waals surface area (Å²) in [4.78, 5) is 22.8. The first-order chi connectivity index (χ1) is 7.28. The first-order valence-electron chi connectivity index (χ1n) is 5.23. The summed E-state index contributed by atoms with van der Waals surface area (Å²) in [6.07, 6.45) is -0.982. The fraction of sp³-hybridized carbons (Fsp3) is 0.800. The fourth-order valence-electron chi connectivity index (χ4n) is 1.41. The van der Waals surface area contributed by atoms with Crippen molar-refractivity contribution in [3.05, 3.63) is 0 Å². The zero-order valence-corrected chi connectivity index (χ0v) is 9.74. The third-order valence-electron chi connectivity index (χ3n) is 2.05. The van der Waals surface area contributed by atoms with E-state index in [4.69, 9.17) is 4.74 Å². The minimum atomic E-state index is -0.763. The lowest BCUT2D eigenvalue weighted by molar-refractivity contribution is -0.122. The number of aliphatic hydroxyl groups excluding tert-OH is 1. The third kappa shape index (κ3) is 4.16. The molecule has 0 aliphatic carbocycles. The molecule has 1 rings (SSSR count). The normalized spacial score (nSPS) is 25.2. The van der Waals surface area contributed by atoms with Gasteiger partial charge >= 0.3 is 6.09 Å². The maximum Gasteiger partial charge on any atom is 0.414 e.